The van der Waals surface area contributed by atoms with Gasteiger partial charge in [-0.2, -0.15) is 4.31 Å². The molecule has 3 rings (SSSR count). The summed E-state index contributed by atoms with van der Waals surface area (Å²) in [7, 11) is -2.02. The summed E-state index contributed by atoms with van der Waals surface area (Å²) in [6.07, 6.45) is 3.85. The Bertz CT molecular complexity index is 905. The van der Waals surface area contributed by atoms with Crippen molar-refractivity contribution in [3.05, 3.63) is 40.2 Å². The van der Waals surface area contributed by atoms with Gasteiger partial charge in [0.05, 0.1) is 17.6 Å². The molecule has 0 atom stereocenters. The first-order valence-corrected chi connectivity index (χ1v) is 12.1. The first-order valence-electron chi connectivity index (χ1n) is 9.42. The van der Waals surface area contributed by atoms with Crippen molar-refractivity contribution in [1.29, 1.82) is 0 Å². The molecule has 1 aliphatic rings. The van der Waals surface area contributed by atoms with E-state index in [0.29, 0.717) is 22.4 Å². The average Bonchev–Trinajstić information content (AvgIpc) is 3.31. The van der Waals surface area contributed by atoms with E-state index in [9.17, 15) is 8.42 Å². The first kappa shape index (κ1) is 21.4. The number of ether oxygens (including phenoxy) is 2. The summed E-state index contributed by atoms with van der Waals surface area (Å²) in [5, 5.41) is 0. The van der Waals surface area contributed by atoms with Crippen LogP contribution in [-0.4, -0.2) is 32.0 Å². The fraction of sp³-hybridized carbons (Fsp3) is 0.500. The van der Waals surface area contributed by atoms with Gasteiger partial charge in [0.1, 0.15) is 4.21 Å². The molecule has 0 amide bonds. The summed E-state index contributed by atoms with van der Waals surface area (Å²) in [6.45, 7) is 4.19. The number of hydrogen-bond donors (Lipinski definition) is 0. The molecule has 1 saturated carbocycles. The van der Waals surface area contributed by atoms with Crippen LogP contribution in [0.4, 0.5) is 0 Å². The Morgan fingerprint density at radius 2 is 1.89 bits per heavy atom. The predicted octanol–water partition coefficient (Wildman–Crippen LogP) is 5.33. The van der Waals surface area contributed by atoms with Crippen LogP contribution in [0.15, 0.2) is 34.5 Å². The quantitative estimate of drug-likeness (QED) is 0.553. The van der Waals surface area contributed by atoms with Crippen LogP contribution in [0, 0.1) is 0 Å². The molecule has 0 radical (unpaired) electrons. The van der Waals surface area contributed by atoms with E-state index in [1.165, 1.54) is 0 Å². The lowest BCUT2D eigenvalue weighted by Gasteiger charge is -2.28. The fourth-order valence-corrected chi connectivity index (χ4v) is 6.79. The van der Waals surface area contributed by atoms with Crippen LogP contribution in [0.3, 0.4) is 0 Å². The van der Waals surface area contributed by atoms with E-state index in [1.807, 2.05) is 32.0 Å². The average molecular weight is 444 g/mol. The summed E-state index contributed by atoms with van der Waals surface area (Å²) in [5.41, 5.74) is 0.870. The molecular formula is C20H26ClNO4S2. The van der Waals surface area contributed by atoms with E-state index in [4.69, 9.17) is 21.1 Å². The highest BCUT2D eigenvalue weighted by atomic mass is 35.5. The maximum absolute atomic E-state index is 13.3. The minimum Gasteiger partial charge on any atom is -0.493 e. The van der Waals surface area contributed by atoms with Crippen LogP contribution in [0.25, 0.3) is 0 Å². The Labute approximate surface area is 176 Å². The molecule has 1 aromatic heterocycles. The minimum atomic E-state index is -3.62. The summed E-state index contributed by atoms with van der Waals surface area (Å²) in [6, 6.07) is 8.82. The van der Waals surface area contributed by atoms with Crippen LogP contribution in [0.2, 0.25) is 4.34 Å². The molecule has 0 bridgehead atoms. The zero-order valence-corrected chi connectivity index (χ0v) is 18.7. The lowest BCUT2D eigenvalue weighted by molar-refractivity contribution is 0.229. The smallest absolute Gasteiger partial charge is 0.253 e. The zero-order chi connectivity index (χ0) is 20.3. The molecule has 1 fully saturated rings. The Morgan fingerprint density at radius 3 is 2.46 bits per heavy atom. The molecule has 28 heavy (non-hydrogen) atoms. The second-order valence-electron chi connectivity index (χ2n) is 7.20. The Morgan fingerprint density at radius 1 is 1.18 bits per heavy atom. The van der Waals surface area contributed by atoms with Gasteiger partial charge in [-0.1, -0.05) is 30.5 Å². The number of hydrogen-bond acceptors (Lipinski definition) is 5. The molecule has 154 valence electrons. The SMILES string of the molecule is COc1ccc(CN(C2CCCC2)S(=O)(=O)c2ccc(Cl)s2)cc1OC(C)C. The summed E-state index contributed by atoms with van der Waals surface area (Å²) < 4.78 is 40.3. The lowest BCUT2D eigenvalue weighted by Crippen LogP contribution is -2.37. The van der Waals surface area contributed by atoms with Crippen molar-refractivity contribution >= 4 is 33.0 Å². The van der Waals surface area contributed by atoms with Crippen LogP contribution in [0.5, 0.6) is 11.5 Å². The Kier molecular flexibility index (Phi) is 6.91. The number of thiophene rings is 1. The number of sulfonamides is 1. The van der Waals surface area contributed by atoms with E-state index in [1.54, 1.807) is 23.5 Å². The third-order valence-corrected chi connectivity index (χ3v) is 8.37. The number of halogens is 1. The first-order chi connectivity index (χ1) is 13.3. The molecule has 0 saturated heterocycles. The van der Waals surface area contributed by atoms with Gasteiger partial charge in [0.2, 0.25) is 0 Å². The number of benzene rings is 1. The van der Waals surface area contributed by atoms with Crippen LogP contribution in [0.1, 0.15) is 45.1 Å². The highest BCUT2D eigenvalue weighted by Gasteiger charge is 2.34. The molecular weight excluding hydrogens is 418 g/mol. The minimum absolute atomic E-state index is 0.00226. The van der Waals surface area contributed by atoms with E-state index >= 15 is 0 Å². The van der Waals surface area contributed by atoms with Gasteiger partial charge in [-0.15, -0.1) is 11.3 Å². The van der Waals surface area contributed by atoms with Gasteiger partial charge in [0.15, 0.2) is 11.5 Å². The maximum atomic E-state index is 13.3. The van der Waals surface area contributed by atoms with Gasteiger partial charge in [0, 0.05) is 12.6 Å². The third kappa shape index (κ3) is 4.82. The largest absolute Gasteiger partial charge is 0.493 e. The van der Waals surface area contributed by atoms with Crippen molar-refractivity contribution in [2.24, 2.45) is 0 Å². The van der Waals surface area contributed by atoms with Crippen molar-refractivity contribution in [2.75, 3.05) is 7.11 Å². The normalized spacial score (nSPS) is 15.5. The van der Waals surface area contributed by atoms with Gasteiger partial charge < -0.3 is 9.47 Å². The molecule has 1 heterocycles. The number of methoxy groups -OCH3 is 1. The van der Waals surface area contributed by atoms with E-state index in [0.717, 1.165) is 42.6 Å². The lowest BCUT2D eigenvalue weighted by atomic mass is 10.1. The van der Waals surface area contributed by atoms with Gasteiger partial charge >= 0.3 is 0 Å². The monoisotopic (exact) mass is 443 g/mol. The van der Waals surface area contributed by atoms with Gasteiger partial charge in [0.25, 0.3) is 10.0 Å². The maximum Gasteiger partial charge on any atom is 0.253 e. The molecule has 0 aliphatic heterocycles. The highest BCUT2D eigenvalue weighted by molar-refractivity contribution is 7.91. The van der Waals surface area contributed by atoms with Gasteiger partial charge in [-0.25, -0.2) is 8.42 Å². The van der Waals surface area contributed by atoms with Crippen LogP contribution in [-0.2, 0) is 16.6 Å². The molecule has 1 aromatic carbocycles. The zero-order valence-electron chi connectivity index (χ0n) is 16.4. The molecule has 1 aliphatic carbocycles. The van der Waals surface area contributed by atoms with E-state index < -0.39 is 10.0 Å². The number of nitrogens with zero attached hydrogens (tertiary/aromatic N) is 1. The van der Waals surface area contributed by atoms with Gasteiger partial charge in [-0.05, 0) is 56.5 Å². The van der Waals surface area contributed by atoms with Crippen molar-refractivity contribution < 1.29 is 17.9 Å². The molecule has 0 N–H and O–H groups in total. The highest BCUT2D eigenvalue weighted by Crippen LogP contribution is 2.35. The molecule has 5 nitrogen and oxygen atoms in total. The van der Waals surface area contributed by atoms with E-state index in [2.05, 4.69) is 0 Å². The predicted molar refractivity (Wildman–Crippen MR) is 113 cm³/mol. The second kappa shape index (κ2) is 9.03. The molecule has 0 spiro atoms. The van der Waals surface area contributed by atoms with Crippen molar-refractivity contribution in [3.8, 4) is 11.5 Å². The summed E-state index contributed by atoms with van der Waals surface area (Å²) in [5.74, 6) is 1.26. The Hall–Kier alpha value is -1.28. The van der Waals surface area contributed by atoms with Crippen molar-refractivity contribution in [3.63, 3.8) is 0 Å². The fourth-order valence-electron chi connectivity index (χ4n) is 3.50. The van der Waals surface area contributed by atoms with Crippen LogP contribution < -0.4 is 9.47 Å². The topological polar surface area (TPSA) is 55.8 Å². The molecule has 2 aromatic rings. The standard InChI is InChI=1S/C20H26ClNO4S2/c1-14(2)26-18-12-15(8-9-17(18)25-3)13-22(16-6-4-5-7-16)28(23,24)20-11-10-19(21)27-20/h8-12,14,16H,4-7,13H2,1-3H3. The van der Waals surface area contributed by atoms with Crippen molar-refractivity contribution in [1.82, 2.24) is 4.31 Å². The molecule has 8 heteroatoms. The number of rotatable bonds is 8. The summed E-state index contributed by atoms with van der Waals surface area (Å²) >= 11 is 7.10. The van der Waals surface area contributed by atoms with E-state index in [-0.39, 0.29) is 16.4 Å². The van der Waals surface area contributed by atoms with Crippen LogP contribution >= 0.6 is 22.9 Å². The third-order valence-electron chi connectivity index (χ3n) is 4.77. The summed E-state index contributed by atoms with van der Waals surface area (Å²) in [4.78, 5) is 0. The van der Waals surface area contributed by atoms with Crippen molar-refractivity contribution in [2.45, 2.75) is 62.4 Å². The van der Waals surface area contributed by atoms with Gasteiger partial charge in [-0.3, -0.25) is 0 Å². The Balaban J connectivity index is 1.94. The second-order valence-corrected chi connectivity index (χ2v) is 11.0. The molecule has 0 unspecified atom stereocenters.